The molecular formula is C49H31N3O2. The normalized spacial score (nSPS) is 14.5. The molecule has 3 heterocycles. The predicted molar refractivity (Wildman–Crippen MR) is 221 cm³/mol. The summed E-state index contributed by atoms with van der Waals surface area (Å²) in [4.78, 5) is 10.3. The quantitative estimate of drug-likeness (QED) is 0.195. The zero-order valence-corrected chi connectivity index (χ0v) is 29.0. The van der Waals surface area contributed by atoms with Crippen molar-refractivity contribution in [3.05, 3.63) is 193 Å². The van der Waals surface area contributed by atoms with E-state index in [-0.39, 0.29) is 6.17 Å². The zero-order chi connectivity index (χ0) is 35.6. The molecule has 5 heteroatoms. The van der Waals surface area contributed by atoms with Gasteiger partial charge in [-0.25, -0.2) is 9.98 Å². The largest absolute Gasteiger partial charge is 0.456 e. The van der Waals surface area contributed by atoms with Crippen LogP contribution in [-0.4, -0.2) is 11.7 Å². The number of hydrogen-bond donors (Lipinski definition) is 1. The topological polar surface area (TPSA) is 63.0 Å². The number of rotatable bonds is 5. The van der Waals surface area contributed by atoms with Gasteiger partial charge in [-0.15, -0.1) is 0 Å². The molecule has 1 N–H and O–H groups in total. The van der Waals surface area contributed by atoms with Crippen LogP contribution in [-0.2, 0) is 0 Å². The number of nitrogens with zero attached hydrogens (tertiary/aromatic N) is 2. The van der Waals surface area contributed by atoms with Crippen LogP contribution in [0.3, 0.4) is 0 Å². The molecule has 10 aromatic rings. The Kier molecular flexibility index (Phi) is 6.85. The highest BCUT2D eigenvalue weighted by atomic mass is 16.3. The van der Waals surface area contributed by atoms with Crippen molar-refractivity contribution in [2.45, 2.75) is 6.17 Å². The molecule has 1 atom stereocenters. The molecule has 8 aromatic carbocycles. The summed E-state index contributed by atoms with van der Waals surface area (Å²) in [6.45, 7) is 0. The van der Waals surface area contributed by atoms with E-state index in [0.717, 1.165) is 99.4 Å². The van der Waals surface area contributed by atoms with Crippen molar-refractivity contribution in [3.8, 4) is 22.3 Å². The Morgan fingerprint density at radius 3 is 1.80 bits per heavy atom. The number of benzene rings is 8. The van der Waals surface area contributed by atoms with Crippen molar-refractivity contribution in [1.29, 1.82) is 0 Å². The molecule has 2 aromatic heterocycles. The van der Waals surface area contributed by atoms with Gasteiger partial charge in [-0.05, 0) is 75.0 Å². The number of furan rings is 2. The summed E-state index contributed by atoms with van der Waals surface area (Å²) < 4.78 is 12.8. The van der Waals surface area contributed by atoms with Crippen molar-refractivity contribution in [2.75, 3.05) is 0 Å². The van der Waals surface area contributed by atoms with E-state index >= 15 is 0 Å². The van der Waals surface area contributed by atoms with E-state index in [1.807, 2.05) is 54.6 Å². The number of nitrogens with one attached hydrogen (secondary N) is 1. The van der Waals surface area contributed by atoms with E-state index < -0.39 is 0 Å². The molecule has 0 radical (unpaired) electrons. The Balaban J connectivity index is 1.06. The van der Waals surface area contributed by atoms with E-state index in [2.05, 4.69) is 127 Å². The van der Waals surface area contributed by atoms with Crippen LogP contribution in [0.1, 0.15) is 22.9 Å². The molecule has 54 heavy (non-hydrogen) atoms. The first-order chi connectivity index (χ1) is 26.8. The Morgan fingerprint density at radius 1 is 0.407 bits per heavy atom. The van der Waals surface area contributed by atoms with Crippen molar-refractivity contribution < 1.29 is 8.83 Å². The van der Waals surface area contributed by atoms with Crippen LogP contribution in [0.15, 0.2) is 195 Å². The van der Waals surface area contributed by atoms with Gasteiger partial charge in [0.05, 0.1) is 0 Å². The van der Waals surface area contributed by atoms with Crippen LogP contribution in [0.25, 0.3) is 76.9 Å². The van der Waals surface area contributed by atoms with Gasteiger partial charge in [0.15, 0.2) is 5.84 Å². The van der Waals surface area contributed by atoms with Gasteiger partial charge in [-0.1, -0.05) is 140 Å². The standard InChI is InChI=1S/C49H31N3O2/c1-3-13-30(14-4-1)47-50-48(31-15-5-2-6-16-31)52-49(51-47)38-28-27-36(34-17-7-8-18-35(34)38)37-21-12-24-43-46(37)40-26-25-32(29-44(40)54-43)33-20-11-23-42-45(33)39-19-9-10-22-41(39)53-42/h1-29,47H,(H,50,51,52). The third kappa shape index (κ3) is 4.86. The number of fused-ring (bicyclic) bond motifs is 7. The van der Waals surface area contributed by atoms with Crippen LogP contribution >= 0.6 is 0 Å². The first-order valence-electron chi connectivity index (χ1n) is 18.2. The molecule has 0 bridgehead atoms. The second kappa shape index (κ2) is 12.2. The van der Waals surface area contributed by atoms with E-state index in [1.54, 1.807) is 0 Å². The van der Waals surface area contributed by atoms with Crippen LogP contribution in [0.5, 0.6) is 0 Å². The summed E-state index contributed by atoms with van der Waals surface area (Å²) >= 11 is 0. The SMILES string of the molecule is c1ccc(C2=NC(c3ccc(-c4cccc5oc6cc(-c7cccc8oc9ccccc9c78)ccc6c45)c4ccccc34)=NC(c3ccccc3)N2)cc1. The minimum Gasteiger partial charge on any atom is -0.456 e. The molecule has 0 saturated heterocycles. The van der Waals surface area contributed by atoms with Crippen LogP contribution in [0, 0.1) is 0 Å². The third-order valence-corrected chi connectivity index (χ3v) is 10.6. The Bertz CT molecular complexity index is 3140. The first-order valence-corrected chi connectivity index (χ1v) is 18.2. The maximum atomic E-state index is 6.63. The lowest BCUT2D eigenvalue weighted by atomic mass is 9.91. The van der Waals surface area contributed by atoms with Crippen LogP contribution in [0.4, 0.5) is 0 Å². The lowest BCUT2D eigenvalue weighted by molar-refractivity contribution is 0.668. The molecule has 1 unspecified atom stereocenters. The Hall–Kier alpha value is -7.24. The summed E-state index contributed by atoms with van der Waals surface area (Å²) in [5.74, 6) is 1.50. The summed E-state index contributed by atoms with van der Waals surface area (Å²) in [6, 6.07) is 60.9. The monoisotopic (exact) mass is 693 g/mol. The molecule has 254 valence electrons. The fourth-order valence-electron chi connectivity index (χ4n) is 8.08. The molecule has 0 fully saturated rings. The average molecular weight is 694 g/mol. The van der Waals surface area contributed by atoms with E-state index in [1.165, 1.54) is 0 Å². The molecule has 1 aliphatic rings. The van der Waals surface area contributed by atoms with Gasteiger partial charge >= 0.3 is 0 Å². The Morgan fingerprint density at radius 2 is 1.00 bits per heavy atom. The van der Waals surface area contributed by atoms with Crippen molar-refractivity contribution in [1.82, 2.24) is 5.32 Å². The number of hydrogen-bond acceptors (Lipinski definition) is 5. The molecule has 0 spiro atoms. The second-order valence-electron chi connectivity index (χ2n) is 13.7. The van der Waals surface area contributed by atoms with E-state index in [4.69, 9.17) is 18.8 Å². The maximum absolute atomic E-state index is 6.63. The van der Waals surface area contributed by atoms with Crippen LogP contribution in [0.2, 0.25) is 0 Å². The summed E-state index contributed by atoms with van der Waals surface area (Å²) in [5, 5.41) is 10.2. The molecule has 1 aliphatic heterocycles. The minimum absolute atomic E-state index is 0.275. The first kappa shape index (κ1) is 30.4. The highest BCUT2D eigenvalue weighted by molar-refractivity contribution is 6.21. The lowest BCUT2D eigenvalue weighted by Gasteiger charge is -2.24. The minimum atomic E-state index is -0.275. The third-order valence-electron chi connectivity index (χ3n) is 10.6. The van der Waals surface area contributed by atoms with Crippen molar-refractivity contribution in [2.24, 2.45) is 9.98 Å². The smallest absolute Gasteiger partial charge is 0.160 e. The van der Waals surface area contributed by atoms with Gasteiger partial charge in [0, 0.05) is 32.7 Å². The number of aliphatic imine (C=N–C) groups is 2. The average Bonchev–Trinajstić information content (AvgIpc) is 3.82. The molecule has 0 aliphatic carbocycles. The van der Waals surface area contributed by atoms with E-state index in [9.17, 15) is 0 Å². The van der Waals surface area contributed by atoms with Gasteiger partial charge in [0.1, 0.15) is 34.3 Å². The molecule has 0 amide bonds. The number of para-hydroxylation sites is 1. The highest BCUT2D eigenvalue weighted by Gasteiger charge is 2.23. The molecular weight excluding hydrogens is 663 g/mol. The molecule has 0 saturated carbocycles. The van der Waals surface area contributed by atoms with Gasteiger partial charge in [0.25, 0.3) is 0 Å². The summed E-state index contributed by atoms with van der Waals surface area (Å²) in [7, 11) is 0. The van der Waals surface area contributed by atoms with Gasteiger partial charge in [-0.2, -0.15) is 0 Å². The van der Waals surface area contributed by atoms with E-state index in [0.29, 0.717) is 5.84 Å². The maximum Gasteiger partial charge on any atom is 0.160 e. The molecule has 5 nitrogen and oxygen atoms in total. The lowest BCUT2D eigenvalue weighted by Crippen LogP contribution is -2.33. The van der Waals surface area contributed by atoms with Gasteiger partial charge in [0.2, 0.25) is 0 Å². The summed E-state index contributed by atoms with van der Waals surface area (Å²) in [6.07, 6.45) is -0.275. The zero-order valence-electron chi connectivity index (χ0n) is 29.0. The fraction of sp³-hybridized carbons (Fsp3) is 0.0204. The second-order valence-corrected chi connectivity index (χ2v) is 13.7. The van der Waals surface area contributed by atoms with Crippen molar-refractivity contribution in [3.63, 3.8) is 0 Å². The highest BCUT2D eigenvalue weighted by Crippen LogP contribution is 2.43. The van der Waals surface area contributed by atoms with Crippen LogP contribution < -0.4 is 5.32 Å². The predicted octanol–water partition coefficient (Wildman–Crippen LogP) is 12.5. The van der Waals surface area contributed by atoms with Gasteiger partial charge in [-0.3, -0.25) is 0 Å². The summed E-state index contributed by atoms with van der Waals surface area (Å²) in [5.41, 5.74) is 11.0. The molecule has 11 rings (SSSR count). The Labute approximate surface area is 310 Å². The number of amidine groups is 2. The van der Waals surface area contributed by atoms with Crippen molar-refractivity contribution >= 4 is 66.3 Å². The fourth-order valence-corrected chi connectivity index (χ4v) is 8.08. The van der Waals surface area contributed by atoms with Gasteiger partial charge < -0.3 is 14.2 Å².